The lowest BCUT2D eigenvalue weighted by Crippen LogP contribution is -2.49. The first-order chi connectivity index (χ1) is 18.6. The Kier molecular flexibility index (Phi) is 9.34. The van der Waals surface area contributed by atoms with Gasteiger partial charge in [0, 0.05) is 43.0 Å². The normalized spacial score (nSPS) is 13.7. The lowest BCUT2D eigenvalue weighted by molar-refractivity contribution is -0.125. The van der Waals surface area contributed by atoms with Crippen molar-refractivity contribution in [1.82, 2.24) is 4.90 Å². The Hall–Kier alpha value is -4.16. The van der Waals surface area contributed by atoms with Crippen LogP contribution in [0.15, 0.2) is 109 Å². The van der Waals surface area contributed by atoms with Crippen molar-refractivity contribution in [3.05, 3.63) is 120 Å². The van der Waals surface area contributed by atoms with Crippen molar-refractivity contribution in [1.29, 1.82) is 0 Å². The van der Waals surface area contributed by atoms with Crippen LogP contribution in [0.25, 0.3) is 22.8 Å². The Balaban J connectivity index is 0.00000353. The number of halogens is 3. The fraction of sp³-hybridized carbons (Fsp3) is 0.156. The summed E-state index contributed by atoms with van der Waals surface area (Å²) >= 11 is 0. The number of anilines is 1. The number of carbonyl (C=O) groups excluding carboxylic acids is 1. The molecule has 4 aromatic carbocycles. The minimum Gasteiger partial charge on any atom is -0.434 e. The third kappa shape index (κ3) is 6.84. The fourth-order valence-electron chi connectivity index (χ4n) is 4.68. The predicted molar refractivity (Wildman–Crippen MR) is 155 cm³/mol. The van der Waals surface area contributed by atoms with Gasteiger partial charge in [-0.15, -0.1) is 12.4 Å². The largest absolute Gasteiger partial charge is 0.434 e. The Labute approximate surface area is 233 Å². The molecule has 0 unspecified atom stereocenters. The van der Waals surface area contributed by atoms with Gasteiger partial charge in [-0.1, -0.05) is 91.0 Å². The first kappa shape index (κ1) is 27.9. The summed E-state index contributed by atoms with van der Waals surface area (Å²) in [6.07, 6.45) is 1.65. The monoisotopic (exact) mass is 546 g/mol. The summed E-state index contributed by atoms with van der Waals surface area (Å²) < 4.78 is 30.9. The van der Waals surface area contributed by atoms with Crippen LogP contribution >= 0.6 is 12.4 Å². The number of piperazine rings is 1. The lowest BCUT2D eigenvalue weighted by atomic mass is 9.97. The van der Waals surface area contributed by atoms with Gasteiger partial charge in [0.2, 0.25) is 0 Å². The molecule has 1 aliphatic rings. The SMILES string of the molecule is Cl.O=C(C(=Cc1ccccc1OC(F)F)c1ccc(-c2ccccc2)cc1)N1CCN(c2ccccc2)CC1. The van der Waals surface area contributed by atoms with Crippen LogP contribution in [0, 0.1) is 0 Å². The molecule has 0 aliphatic carbocycles. The Morgan fingerprint density at radius 1 is 0.718 bits per heavy atom. The number of hydrogen-bond donors (Lipinski definition) is 0. The van der Waals surface area contributed by atoms with Crippen LogP contribution < -0.4 is 9.64 Å². The first-order valence-electron chi connectivity index (χ1n) is 12.6. The second-order valence-corrected chi connectivity index (χ2v) is 9.03. The molecule has 7 heteroatoms. The number of para-hydroxylation sites is 2. The molecule has 39 heavy (non-hydrogen) atoms. The van der Waals surface area contributed by atoms with E-state index >= 15 is 0 Å². The van der Waals surface area contributed by atoms with Gasteiger partial charge in [0.15, 0.2) is 0 Å². The van der Waals surface area contributed by atoms with E-state index in [0.717, 1.165) is 16.8 Å². The van der Waals surface area contributed by atoms with E-state index in [-0.39, 0.29) is 24.1 Å². The van der Waals surface area contributed by atoms with Crippen LogP contribution in [0.4, 0.5) is 14.5 Å². The molecular weight excluding hydrogens is 518 g/mol. The zero-order valence-electron chi connectivity index (χ0n) is 21.3. The molecule has 1 amide bonds. The van der Waals surface area contributed by atoms with E-state index in [1.54, 1.807) is 24.3 Å². The van der Waals surface area contributed by atoms with Crippen molar-refractivity contribution >= 4 is 35.7 Å². The van der Waals surface area contributed by atoms with Gasteiger partial charge in [-0.3, -0.25) is 4.79 Å². The second kappa shape index (κ2) is 13.1. The molecule has 5 rings (SSSR count). The summed E-state index contributed by atoms with van der Waals surface area (Å²) in [6.45, 7) is -0.424. The molecule has 4 nitrogen and oxygen atoms in total. The number of rotatable bonds is 7. The number of ether oxygens (including phenoxy) is 1. The van der Waals surface area contributed by atoms with E-state index in [4.69, 9.17) is 4.74 Å². The highest BCUT2D eigenvalue weighted by Crippen LogP contribution is 2.29. The third-order valence-corrected chi connectivity index (χ3v) is 6.66. The number of carbonyl (C=O) groups is 1. The van der Waals surface area contributed by atoms with Crippen molar-refractivity contribution in [2.75, 3.05) is 31.1 Å². The van der Waals surface area contributed by atoms with Crippen LogP contribution in [0.1, 0.15) is 11.1 Å². The summed E-state index contributed by atoms with van der Waals surface area (Å²) in [7, 11) is 0. The first-order valence-corrected chi connectivity index (χ1v) is 12.6. The zero-order valence-corrected chi connectivity index (χ0v) is 22.1. The maximum Gasteiger partial charge on any atom is 0.387 e. The number of benzene rings is 4. The van der Waals surface area contributed by atoms with Crippen LogP contribution in [0.2, 0.25) is 0 Å². The Bertz CT molecular complexity index is 1390. The smallest absolute Gasteiger partial charge is 0.387 e. The molecule has 0 spiro atoms. The average Bonchev–Trinajstić information content (AvgIpc) is 2.97. The van der Waals surface area contributed by atoms with E-state index in [9.17, 15) is 13.6 Å². The summed E-state index contributed by atoms with van der Waals surface area (Å²) in [5, 5.41) is 0. The topological polar surface area (TPSA) is 32.8 Å². The minimum absolute atomic E-state index is 0. The summed E-state index contributed by atoms with van der Waals surface area (Å²) in [6, 6.07) is 34.4. The van der Waals surface area contributed by atoms with Gasteiger partial charge < -0.3 is 14.5 Å². The molecule has 4 aromatic rings. The maximum atomic E-state index is 13.9. The van der Waals surface area contributed by atoms with E-state index in [0.29, 0.717) is 42.9 Å². The highest BCUT2D eigenvalue weighted by atomic mass is 35.5. The fourth-order valence-corrected chi connectivity index (χ4v) is 4.68. The second-order valence-electron chi connectivity index (χ2n) is 9.03. The van der Waals surface area contributed by atoms with Gasteiger partial charge in [-0.05, 0) is 41.0 Å². The van der Waals surface area contributed by atoms with E-state index in [1.165, 1.54) is 6.07 Å². The molecule has 0 bridgehead atoms. The summed E-state index contributed by atoms with van der Waals surface area (Å²) in [5.74, 6) is -0.111. The molecule has 0 N–H and O–H groups in total. The van der Waals surface area contributed by atoms with Gasteiger partial charge in [0.1, 0.15) is 5.75 Å². The maximum absolute atomic E-state index is 13.9. The molecular formula is C32H29ClF2N2O2. The number of amides is 1. The third-order valence-electron chi connectivity index (χ3n) is 6.66. The molecule has 1 saturated heterocycles. The molecule has 0 saturated carbocycles. The van der Waals surface area contributed by atoms with Gasteiger partial charge in [0.25, 0.3) is 5.91 Å². The molecule has 1 heterocycles. The standard InChI is InChI=1S/C32H28F2N2O2.ClH/c33-32(34)38-30-14-8-7-11-27(30)23-29(26-17-15-25(16-18-26)24-9-3-1-4-10-24)31(37)36-21-19-35(20-22-36)28-12-5-2-6-13-28;/h1-18,23,32H,19-22H2;1H. The predicted octanol–water partition coefficient (Wildman–Crippen LogP) is 7.27. The van der Waals surface area contributed by atoms with Gasteiger partial charge >= 0.3 is 6.61 Å². The van der Waals surface area contributed by atoms with Gasteiger partial charge in [0.05, 0.1) is 0 Å². The van der Waals surface area contributed by atoms with E-state index in [1.807, 2.05) is 77.7 Å². The van der Waals surface area contributed by atoms with E-state index < -0.39 is 6.61 Å². The Morgan fingerprint density at radius 3 is 1.92 bits per heavy atom. The van der Waals surface area contributed by atoms with Crippen molar-refractivity contribution in [2.45, 2.75) is 6.61 Å². The molecule has 200 valence electrons. The molecule has 0 atom stereocenters. The molecule has 1 aliphatic heterocycles. The molecule has 1 fully saturated rings. The minimum atomic E-state index is -2.96. The lowest BCUT2D eigenvalue weighted by Gasteiger charge is -2.36. The average molecular weight is 547 g/mol. The highest BCUT2D eigenvalue weighted by Gasteiger charge is 2.25. The van der Waals surface area contributed by atoms with Crippen LogP contribution in [-0.2, 0) is 4.79 Å². The number of hydrogen-bond acceptors (Lipinski definition) is 3. The van der Waals surface area contributed by atoms with Gasteiger partial charge in [-0.2, -0.15) is 8.78 Å². The van der Waals surface area contributed by atoms with Crippen molar-refractivity contribution in [3.63, 3.8) is 0 Å². The molecule has 0 aromatic heterocycles. The van der Waals surface area contributed by atoms with Crippen LogP contribution in [0.5, 0.6) is 5.75 Å². The summed E-state index contributed by atoms with van der Waals surface area (Å²) in [4.78, 5) is 18.0. The van der Waals surface area contributed by atoms with E-state index in [2.05, 4.69) is 17.0 Å². The van der Waals surface area contributed by atoms with Crippen molar-refractivity contribution in [2.24, 2.45) is 0 Å². The zero-order chi connectivity index (χ0) is 26.3. The number of alkyl halides is 2. The van der Waals surface area contributed by atoms with Crippen LogP contribution in [0.3, 0.4) is 0 Å². The van der Waals surface area contributed by atoms with Crippen molar-refractivity contribution < 1.29 is 18.3 Å². The summed E-state index contributed by atoms with van der Waals surface area (Å²) in [5.41, 5.74) is 4.80. The molecule has 0 radical (unpaired) electrons. The van der Waals surface area contributed by atoms with Crippen LogP contribution in [-0.4, -0.2) is 43.6 Å². The van der Waals surface area contributed by atoms with Gasteiger partial charge in [-0.25, -0.2) is 0 Å². The Morgan fingerprint density at radius 2 is 1.28 bits per heavy atom. The highest BCUT2D eigenvalue weighted by molar-refractivity contribution is 6.24. The van der Waals surface area contributed by atoms with Crippen molar-refractivity contribution in [3.8, 4) is 16.9 Å². The quantitative estimate of drug-likeness (QED) is 0.180. The number of nitrogens with zero attached hydrogens (tertiary/aromatic N) is 2.